The molecule has 2 N–H and O–H groups in total. The molecule has 0 aliphatic rings. The summed E-state index contributed by atoms with van der Waals surface area (Å²) in [6.45, 7) is 0. The average Bonchev–Trinajstić information content (AvgIpc) is 2.53. The van der Waals surface area contributed by atoms with Crippen LogP contribution in [0.5, 0.6) is 0 Å². The second kappa shape index (κ2) is 7.06. The largest absolute Gasteiger partial charge is 0.471 e. The van der Waals surface area contributed by atoms with Crippen molar-refractivity contribution in [2.75, 3.05) is 10.6 Å². The number of amides is 2. The number of rotatable bonds is 3. The third-order valence-corrected chi connectivity index (χ3v) is 3.07. The zero-order valence-electron chi connectivity index (χ0n) is 12.7. The molecule has 0 unspecified atom stereocenters. The molecule has 26 heavy (non-hydrogen) atoms. The highest BCUT2D eigenvalue weighted by molar-refractivity contribution is 6.05. The van der Waals surface area contributed by atoms with Gasteiger partial charge >= 0.3 is 18.3 Å². The van der Waals surface area contributed by atoms with Gasteiger partial charge in [0.15, 0.2) is 0 Å². The standard InChI is InChI=1S/C16H10F6N2O2/c17-15(18,19)10-6-11(23-13(25)9-4-2-1-3-5-9)8-12(7-10)24-14(26)16(20,21)22/h1-8H,(H,23,25)(H,24,26). The summed E-state index contributed by atoms with van der Waals surface area (Å²) in [6, 6.07) is 9.13. The summed E-state index contributed by atoms with van der Waals surface area (Å²) in [4.78, 5) is 23.0. The number of halogens is 6. The monoisotopic (exact) mass is 376 g/mol. The Labute approximate surface area is 142 Å². The van der Waals surface area contributed by atoms with Gasteiger partial charge in [-0.3, -0.25) is 9.59 Å². The molecular weight excluding hydrogens is 366 g/mol. The molecule has 0 saturated heterocycles. The smallest absolute Gasteiger partial charge is 0.322 e. The molecule has 2 amide bonds. The van der Waals surface area contributed by atoms with Crippen molar-refractivity contribution in [3.05, 3.63) is 59.7 Å². The van der Waals surface area contributed by atoms with Gasteiger partial charge in [-0.05, 0) is 30.3 Å². The van der Waals surface area contributed by atoms with Crippen molar-refractivity contribution in [3.63, 3.8) is 0 Å². The fraction of sp³-hybridized carbons (Fsp3) is 0.125. The van der Waals surface area contributed by atoms with Gasteiger partial charge in [-0.15, -0.1) is 0 Å². The highest BCUT2D eigenvalue weighted by Crippen LogP contribution is 2.34. The third-order valence-electron chi connectivity index (χ3n) is 3.07. The maximum Gasteiger partial charge on any atom is 0.471 e. The first-order chi connectivity index (χ1) is 12.0. The number of nitrogens with one attached hydrogen (secondary N) is 2. The molecule has 2 aromatic carbocycles. The molecule has 0 atom stereocenters. The molecule has 0 aliphatic carbocycles. The molecule has 0 aromatic heterocycles. The first-order valence-electron chi connectivity index (χ1n) is 6.93. The van der Waals surface area contributed by atoms with E-state index in [9.17, 15) is 35.9 Å². The van der Waals surface area contributed by atoms with Crippen LogP contribution in [0.1, 0.15) is 15.9 Å². The maximum atomic E-state index is 12.9. The van der Waals surface area contributed by atoms with Crippen LogP contribution < -0.4 is 10.6 Å². The van der Waals surface area contributed by atoms with Crippen LogP contribution in [-0.2, 0) is 11.0 Å². The molecule has 0 bridgehead atoms. The SMILES string of the molecule is O=C(Nc1cc(NC(=O)C(F)(F)F)cc(C(F)(F)F)c1)c1ccccc1. The third kappa shape index (κ3) is 4.98. The molecule has 0 radical (unpaired) electrons. The number of hydrogen-bond acceptors (Lipinski definition) is 2. The molecule has 4 nitrogen and oxygen atoms in total. The van der Waals surface area contributed by atoms with Crippen LogP contribution in [0.2, 0.25) is 0 Å². The number of hydrogen-bond donors (Lipinski definition) is 2. The summed E-state index contributed by atoms with van der Waals surface area (Å²) in [5, 5.41) is 3.48. The second-order valence-corrected chi connectivity index (χ2v) is 5.07. The Balaban J connectivity index is 2.34. The zero-order chi connectivity index (χ0) is 19.5. The van der Waals surface area contributed by atoms with E-state index in [2.05, 4.69) is 5.32 Å². The minimum Gasteiger partial charge on any atom is -0.322 e. The molecular formula is C16H10F6N2O2. The van der Waals surface area contributed by atoms with Gasteiger partial charge in [0, 0.05) is 16.9 Å². The molecule has 10 heteroatoms. The molecule has 0 fully saturated rings. The Morgan fingerprint density at radius 2 is 1.31 bits per heavy atom. The topological polar surface area (TPSA) is 58.2 Å². The number of alkyl halides is 6. The molecule has 2 rings (SSSR count). The minimum absolute atomic E-state index is 0.130. The normalized spacial score (nSPS) is 11.8. The predicted octanol–water partition coefficient (Wildman–Crippen LogP) is 4.46. The first kappa shape index (κ1) is 19.3. The summed E-state index contributed by atoms with van der Waals surface area (Å²) >= 11 is 0. The summed E-state index contributed by atoms with van der Waals surface area (Å²) < 4.78 is 75.7. The van der Waals surface area contributed by atoms with Gasteiger partial charge in [0.1, 0.15) is 0 Å². The van der Waals surface area contributed by atoms with Gasteiger partial charge in [-0.25, -0.2) is 0 Å². The van der Waals surface area contributed by atoms with E-state index in [1.54, 1.807) is 6.07 Å². The Morgan fingerprint density at radius 3 is 1.81 bits per heavy atom. The summed E-state index contributed by atoms with van der Waals surface area (Å²) in [6.07, 6.45) is -10.2. The Morgan fingerprint density at radius 1 is 0.769 bits per heavy atom. The van der Waals surface area contributed by atoms with Crippen LogP contribution >= 0.6 is 0 Å². The van der Waals surface area contributed by atoms with Gasteiger partial charge < -0.3 is 10.6 Å². The first-order valence-corrected chi connectivity index (χ1v) is 6.93. The Kier molecular flexibility index (Phi) is 5.24. The van der Waals surface area contributed by atoms with Gasteiger partial charge in [0.2, 0.25) is 0 Å². The minimum atomic E-state index is -5.28. The van der Waals surface area contributed by atoms with Crippen molar-refractivity contribution in [1.82, 2.24) is 0 Å². The molecule has 0 saturated carbocycles. The highest BCUT2D eigenvalue weighted by atomic mass is 19.4. The zero-order valence-corrected chi connectivity index (χ0v) is 12.7. The lowest BCUT2D eigenvalue weighted by atomic mass is 10.1. The van der Waals surface area contributed by atoms with Crippen LogP contribution in [0.4, 0.5) is 37.7 Å². The van der Waals surface area contributed by atoms with Crippen LogP contribution in [-0.4, -0.2) is 18.0 Å². The quantitative estimate of drug-likeness (QED) is 0.778. The summed E-state index contributed by atoms with van der Waals surface area (Å²) in [7, 11) is 0. The van der Waals surface area contributed by atoms with Crippen molar-refractivity contribution < 1.29 is 35.9 Å². The van der Waals surface area contributed by atoms with Crippen LogP contribution in [0, 0.1) is 0 Å². The van der Waals surface area contributed by atoms with E-state index in [4.69, 9.17) is 0 Å². The van der Waals surface area contributed by atoms with Gasteiger partial charge in [-0.1, -0.05) is 18.2 Å². The number of benzene rings is 2. The van der Waals surface area contributed by atoms with Crippen molar-refractivity contribution in [3.8, 4) is 0 Å². The van der Waals surface area contributed by atoms with Gasteiger partial charge in [0.05, 0.1) is 5.56 Å². The average molecular weight is 376 g/mol. The number of anilines is 2. The van der Waals surface area contributed by atoms with E-state index in [1.807, 2.05) is 0 Å². The number of carbonyl (C=O) groups excluding carboxylic acids is 2. The maximum absolute atomic E-state index is 12.9. The van der Waals surface area contributed by atoms with Crippen molar-refractivity contribution in [2.45, 2.75) is 12.4 Å². The van der Waals surface area contributed by atoms with Crippen molar-refractivity contribution in [1.29, 1.82) is 0 Å². The van der Waals surface area contributed by atoms with Gasteiger partial charge in [-0.2, -0.15) is 26.3 Å². The molecule has 138 valence electrons. The summed E-state index contributed by atoms with van der Waals surface area (Å²) in [5.74, 6) is -3.20. The van der Waals surface area contributed by atoms with E-state index in [0.717, 1.165) is 6.07 Å². The fourth-order valence-electron chi connectivity index (χ4n) is 1.93. The fourth-order valence-corrected chi connectivity index (χ4v) is 1.93. The molecule has 0 aliphatic heterocycles. The van der Waals surface area contributed by atoms with Crippen LogP contribution in [0.25, 0.3) is 0 Å². The van der Waals surface area contributed by atoms with Crippen LogP contribution in [0.3, 0.4) is 0 Å². The molecule has 2 aromatic rings. The van der Waals surface area contributed by atoms with E-state index < -0.39 is 41.1 Å². The van der Waals surface area contributed by atoms with E-state index in [0.29, 0.717) is 12.1 Å². The van der Waals surface area contributed by atoms with E-state index in [1.165, 1.54) is 29.6 Å². The second-order valence-electron chi connectivity index (χ2n) is 5.07. The number of carbonyl (C=O) groups is 2. The van der Waals surface area contributed by atoms with E-state index >= 15 is 0 Å². The van der Waals surface area contributed by atoms with Gasteiger partial charge in [0.25, 0.3) is 5.91 Å². The molecule has 0 spiro atoms. The van der Waals surface area contributed by atoms with Crippen molar-refractivity contribution >= 4 is 23.2 Å². The summed E-state index contributed by atoms with van der Waals surface area (Å²) in [5.41, 5.74) is -2.39. The lowest BCUT2D eigenvalue weighted by molar-refractivity contribution is -0.167. The Bertz CT molecular complexity index is 816. The van der Waals surface area contributed by atoms with Crippen molar-refractivity contribution in [2.24, 2.45) is 0 Å². The Hall–Kier alpha value is -3.04. The lowest BCUT2D eigenvalue weighted by Crippen LogP contribution is -2.30. The molecule has 0 heterocycles. The lowest BCUT2D eigenvalue weighted by Gasteiger charge is -2.14. The highest BCUT2D eigenvalue weighted by Gasteiger charge is 2.39. The predicted molar refractivity (Wildman–Crippen MR) is 80.5 cm³/mol. The van der Waals surface area contributed by atoms with E-state index in [-0.39, 0.29) is 5.56 Å². The van der Waals surface area contributed by atoms with Crippen LogP contribution in [0.15, 0.2) is 48.5 Å².